The van der Waals surface area contributed by atoms with E-state index in [2.05, 4.69) is 15.3 Å². The quantitative estimate of drug-likeness (QED) is 0.590. The number of hydrogen-bond acceptors (Lipinski definition) is 8. The number of rotatable bonds is 7. The monoisotopic (exact) mass is 325 g/mol. The zero-order chi connectivity index (χ0) is 16.1. The van der Waals surface area contributed by atoms with Crippen LogP contribution in [0.3, 0.4) is 0 Å². The number of aliphatic hydroxyl groups excluding tert-OH is 1. The van der Waals surface area contributed by atoms with Crippen LogP contribution < -0.4 is 5.32 Å². The van der Waals surface area contributed by atoms with Crippen LogP contribution in [0.15, 0.2) is 6.33 Å². The summed E-state index contributed by atoms with van der Waals surface area (Å²) < 4.78 is 10.0. The highest BCUT2D eigenvalue weighted by Gasteiger charge is 2.20. The number of nitrogens with one attached hydrogen (secondary N) is 1. The number of carbonyl (C=O) groups is 1. The summed E-state index contributed by atoms with van der Waals surface area (Å²) in [7, 11) is 1.55. The summed E-state index contributed by atoms with van der Waals surface area (Å²) in [5.41, 5.74) is 0.774. The lowest BCUT2D eigenvalue weighted by atomic mass is 10.2. The van der Waals surface area contributed by atoms with Crippen LogP contribution in [-0.2, 0) is 9.47 Å². The van der Waals surface area contributed by atoms with Gasteiger partial charge in [0.1, 0.15) is 28.5 Å². The molecule has 0 radical (unpaired) electrons. The van der Waals surface area contributed by atoms with E-state index in [4.69, 9.17) is 9.47 Å². The SMILES string of the molecule is COCCOC(=O)c1sc2ncnc(NCC(C)O)c2c1C. The number of nitrogens with zero attached hydrogens (tertiary/aromatic N) is 2. The van der Waals surface area contributed by atoms with E-state index in [0.29, 0.717) is 28.7 Å². The van der Waals surface area contributed by atoms with Gasteiger partial charge in [-0.3, -0.25) is 0 Å². The molecule has 120 valence electrons. The summed E-state index contributed by atoms with van der Waals surface area (Å²) in [5.74, 6) is 0.217. The predicted molar refractivity (Wildman–Crippen MR) is 84.5 cm³/mol. The highest BCUT2D eigenvalue weighted by atomic mass is 32.1. The molecule has 1 unspecified atom stereocenters. The average molecular weight is 325 g/mol. The van der Waals surface area contributed by atoms with Crippen LogP contribution >= 0.6 is 11.3 Å². The normalized spacial score (nSPS) is 12.4. The molecule has 2 aromatic heterocycles. The molecule has 2 aromatic rings. The molecule has 0 aromatic carbocycles. The maximum Gasteiger partial charge on any atom is 0.348 e. The molecule has 2 heterocycles. The fraction of sp³-hybridized carbons (Fsp3) is 0.500. The molecule has 0 aliphatic rings. The molecule has 0 aliphatic heterocycles. The summed E-state index contributed by atoms with van der Waals surface area (Å²) in [4.78, 5) is 21.7. The van der Waals surface area contributed by atoms with Crippen molar-refractivity contribution in [3.05, 3.63) is 16.8 Å². The van der Waals surface area contributed by atoms with Crippen molar-refractivity contribution in [2.24, 2.45) is 0 Å². The second-order valence-corrected chi connectivity index (χ2v) is 5.82. The van der Waals surface area contributed by atoms with Crippen molar-refractivity contribution in [2.45, 2.75) is 20.0 Å². The van der Waals surface area contributed by atoms with Gasteiger partial charge in [-0.1, -0.05) is 0 Å². The van der Waals surface area contributed by atoms with Crippen LogP contribution in [0, 0.1) is 6.92 Å². The van der Waals surface area contributed by atoms with E-state index in [1.54, 1.807) is 14.0 Å². The highest BCUT2D eigenvalue weighted by molar-refractivity contribution is 7.20. The zero-order valence-corrected chi connectivity index (χ0v) is 13.6. The van der Waals surface area contributed by atoms with E-state index < -0.39 is 6.10 Å². The topological polar surface area (TPSA) is 93.6 Å². The van der Waals surface area contributed by atoms with E-state index in [1.165, 1.54) is 17.7 Å². The highest BCUT2D eigenvalue weighted by Crippen LogP contribution is 2.33. The molecule has 22 heavy (non-hydrogen) atoms. The van der Waals surface area contributed by atoms with Gasteiger partial charge in [0.15, 0.2) is 0 Å². The maximum atomic E-state index is 12.1. The fourth-order valence-corrected chi connectivity index (χ4v) is 2.97. The van der Waals surface area contributed by atoms with Crippen molar-refractivity contribution >= 4 is 33.3 Å². The Morgan fingerprint density at radius 1 is 1.45 bits per heavy atom. The molecule has 0 aliphatic carbocycles. The molecular weight excluding hydrogens is 306 g/mol. The van der Waals surface area contributed by atoms with E-state index in [0.717, 1.165) is 10.9 Å². The first-order valence-electron chi connectivity index (χ1n) is 6.86. The van der Waals surface area contributed by atoms with Crippen LogP contribution in [0.5, 0.6) is 0 Å². The number of aliphatic hydroxyl groups is 1. The number of ether oxygens (including phenoxy) is 2. The van der Waals surface area contributed by atoms with Gasteiger partial charge in [0, 0.05) is 13.7 Å². The molecule has 0 spiro atoms. The molecule has 1 atom stereocenters. The Morgan fingerprint density at radius 3 is 2.91 bits per heavy atom. The number of aromatic nitrogens is 2. The Hall–Kier alpha value is -1.77. The second kappa shape index (κ2) is 7.48. The third-order valence-corrected chi connectivity index (χ3v) is 4.18. The summed E-state index contributed by atoms with van der Waals surface area (Å²) in [6.07, 6.45) is 0.935. The summed E-state index contributed by atoms with van der Waals surface area (Å²) in [5, 5.41) is 13.2. The molecule has 0 saturated carbocycles. The number of hydrogen-bond donors (Lipinski definition) is 2. The molecular formula is C14H19N3O4S. The lowest BCUT2D eigenvalue weighted by molar-refractivity contribution is 0.0393. The van der Waals surface area contributed by atoms with Crippen molar-refractivity contribution in [2.75, 3.05) is 32.2 Å². The molecule has 2 rings (SSSR count). The Bertz CT molecular complexity index is 657. The number of carbonyl (C=O) groups excluding carboxylic acids is 1. The van der Waals surface area contributed by atoms with E-state index >= 15 is 0 Å². The van der Waals surface area contributed by atoms with Crippen LogP contribution in [0.4, 0.5) is 5.82 Å². The van der Waals surface area contributed by atoms with Gasteiger partial charge in [-0.25, -0.2) is 14.8 Å². The van der Waals surface area contributed by atoms with Crippen molar-refractivity contribution in [3.8, 4) is 0 Å². The van der Waals surface area contributed by atoms with Gasteiger partial charge in [-0.05, 0) is 19.4 Å². The molecule has 0 saturated heterocycles. The summed E-state index contributed by atoms with van der Waals surface area (Å²) in [6, 6.07) is 0. The van der Waals surface area contributed by atoms with Gasteiger partial charge >= 0.3 is 5.97 Å². The number of aryl methyl sites for hydroxylation is 1. The molecule has 0 bridgehead atoms. The predicted octanol–water partition coefficient (Wildman–Crippen LogP) is 1.60. The van der Waals surface area contributed by atoms with Crippen molar-refractivity contribution in [3.63, 3.8) is 0 Å². The minimum Gasteiger partial charge on any atom is -0.459 e. The smallest absolute Gasteiger partial charge is 0.348 e. The third-order valence-electron chi connectivity index (χ3n) is 3.00. The standard InChI is InChI=1S/C14H19N3O4S/c1-8(18)6-15-12-10-9(2)11(14(19)21-5-4-20-3)22-13(10)17-7-16-12/h7-8,18H,4-6H2,1-3H3,(H,15,16,17). The number of thiophene rings is 1. The average Bonchev–Trinajstić information content (AvgIpc) is 2.83. The zero-order valence-electron chi connectivity index (χ0n) is 12.8. The van der Waals surface area contributed by atoms with Crippen LogP contribution in [0.1, 0.15) is 22.2 Å². The van der Waals surface area contributed by atoms with E-state index in [9.17, 15) is 9.90 Å². The minimum atomic E-state index is -0.498. The summed E-state index contributed by atoms with van der Waals surface area (Å²) >= 11 is 1.27. The first-order valence-corrected chi connectivity index (χ1v) is 7.68. The van der Waals surface area contributed by atoms with Crippen molar-refractivity contribution < 1.29 is 19.4 Å². The molecule has 2 N–H and O–H groups in total. The van der Waals surface area contributed by atoms with E-state index in [-0.39, 0.29) is 12.6 Å². The Kier molecular flexibility index (Phi) is 5.64. The molecule has 0 amide bonds. The lowest BCUT2D eigenvalue weighted by Gasteiger charge is -2.08. The first kappa shape index (κ1) is 16.6. The molecule has 8 heteroatoms. The fourth-order valence-electron chi connectivity index (χ4n) is 1.93. The first-order chi connectivity index (χ1) is 10.5. The lowest BCUT2D eigenvalue weighted by Crippen LogP contribution is -2.16. The van der Waals surface area contributed by atoms with Gasteiger partial charge < -0.3 is 19.9 Å². The number of anilines is 1. The Balaban J connectivity index is 2.28. The van der Waals surface area contributed by atoms with Gasteiger partial charge in [0.05, 0.1) is 18.1 Å². The van der Waals surface area contributed by atoms with Crippen LogP contribution in [0.2, 0.25) is 0 Å². The van der Waals surface area contributed by atoms with Crippen molar-refractivity contribution in [1.82, 2.24) is 9.97 Å². The van der Waals surface area contributed by atoms with Crippen LogP contribution in [-0.4, -0.2) is 54.0 Å². The minimum absolute atomic E-state index is 0.210. The van der Waals surface area contributed by atoms with Gasteiger partial charge in [-0.15, -0.1) is 11.3 Å². The Morgan fingerprint density at radius 2 is 2.23 bits per heavy atom. The van der Waals surface area contributed by atoms with Gasteiger partial charge in [-0.2, -0.15) is 0 Å². The van der Waals surface area contributed by atoms with Crippen molar-refractivity contribution in [1.29, 1.82) is 0 Å². The number of fused-ring (bicyclic) bond motifs is 1. The molecule has 0 fully saturated rings. The number of methoxy groups -OCH3 is 1. The number of esters is 1. The second-order valence-electron chi connectivity index (χ2n) is 4.82. The maximum absolute atomic E-state index is 12.1. The summed E-state index contributed by atoms with van der Waals surface area (Å²) in [6.45, 7) is 4.46. The van der Waals surface area contributed by atoms with Gasteiger partial charge in [0.25, 0.3) is 0 Å². The van der Waals surface area contributed by atoms with E-state index in [1.807, 2.05) is 6.92 Å². The largest absolute Gasteiger partial charge is 0.459 e. The van der Waals surface area contributed by atoms with Crippen LogP contribution in [0.25, 0.3) is 10.2 Å². The van der Waals surface area contributed by atoms with Gasteiger partial charge in [0.2, 0.25) is 0 Å². The molecule has 7 nitrogen and oxygen atoms in total. The third kappa shape index (κ3) is 3.70. The Labute approximate surface area is 132 Å².